The van der Waals surface area contributed by atoms with Crippen molar-refractivity contribution in [3.63, 3.8) is 0 Å². The number of halogens is 1. The molecule has 0 saturated heterocycles. The summed E-state index contributed by atoms with van der Waals surface area (Å²) in [5.74, 6) is -0.0689. The molecule has 0 aliphatic carbocycles. The summed E-state index contributed by atoms with van der Waals surface area (Å²) in [7, 11) is 0. The number of nitrogen functional groups attached to an aromatic ring is 1. The second-order valence-electron chi connectivity index (χ2n) is 4.67. The van der Waals surface area contributed by atoms with Gasteiger partial charge in [-0.1, -0.05) is 11.6 Å². The zero-order chi connectivity index (χ0) is 14.5. The molecule has 0 bridgehead atoms. The van der Waals surface area contributed by atoms with E-state index in [4.69, 9.17) is 17.3 Å². The average molecular weight is 293 g/mol. The van der Waals surface area contributed by atoms with Crippen LogP contribution in [0.5, 0.6) is 0 Å². The zero-order valence-corrected chi connectivity index (χ0v) is 12.0. The number of aromatic nitrogens is 2. The van der Waals surface area contributed by atoms with Crippen molar-refractivity contribution < 1.29 is 4.79 Å². The summed E-state index contributed by atoms with van der Waals surface area (Å²) >= 11 is 6.00. The summed E-state index contributed by atoms with van der Waals surface area (Å²) < 4.78 is 1.83. The highest BCUT2D eigenvalue weighted by molar-refractivity contribution is 6.34. The van der Waals surface area contributed by atoms with Gasteiger partial charge in [-0.3, -0.25) is 9.48 Å². The van der Waals surface area contributed by atoms with Gasteiger partial charge in [-0.05, 0) is 37.1 Å². The summed E-state index contributed by atoms with van der Waals surface area (Å²) in [5.41, 5.74) is 7.87. The highest BCUT2D eigenvalue weighted by Crippen LogP contribution is 2.24. The molecule has 5 nitrogen and oxygen atoms in total. The third-order valence-corrected chi connectivity index (χ3v) is 3.13. The molecule has 106 valence electrons. The fraction of sp³-hybridized carbons (Fsp3) is 0.286. The fourth-order valence-corrected chi connectivity index (χ4v) is 2.07. The first-order chi connectivity index (χ1) is 9.54. The Hall–Kier alpha value is -2.01. The van der Waals surface area contributed by atoms with Crippen molar-refractivity contribution in [3.8, 4) is 0 Å². The monoisotopic (exact) mass is 292 g/mol. The maximum Gasteiger partial charge on any atom is 0.224 e. The van der Waals surface area contributed by atoms with Crippen LogP contribution in [0.2, 0.25) is 5.02 Å². The molecule has 0 radical (unpaired) electrons. The number of rotatable bonds is 5. The number of nitrogens with one attached hydrogen (secondary N) is 1. The van der Waals surface area contributed by atoms with Gasteiger partial charge in [0.05, 0.1) is 16.9 Å². The zero-order valence-electron chi connectivity index (χ0n) is 11.3. The molecule has 0 saturated carbocycles. The van der Waals surface area contributed by atoms with Crippen molar-refractivity contribution >= 4 is 28.9 Å². The van der Waals surface area contributed by atoms with Crippen LogP contribution in [-0.4, -0.2) is 15.7 Å². The lowest BCUT2D eigenvalue weighted by atomic mass is 10.2. The van der Waals surface area contributed by atoms with Gasteiger partial charge < -0.3 is 11.1 Å². The Morgan fingerprint density at radius 2 is 2.30 bits per heavy atom. The largest absolute Gasteiger partial charge is 0.399 e. The SMILES string of the molecule is Cc1cnn(CCCC(=O)Nc2ccc(N)cc2Cl)c1. The minimum atomic E-state index is -0.0689. The second-order valence-corrected chi connectivity index (χ2v) is 5.08. The van der Waals surface area contributed by atoms with Crippen LogP contribution in [0.25, 0.3) is 0 Å². The number of hydrogen-bond donors (Lipinski definition) is 2. The summed E-state index contributed by atoms with van der Waals surface area (Å²) in [4.78, 5) is 11.8. The number of nitrogens with zero attached hydrogens (tertiary/aromatic N) is 2. The quantitative estimate of drug-likeness (QED) is 0.832. The lowest BCUT2D eigenvalue weighted by Gasteiger charge is -2.08. The minimum Gasteiger partial charge on any atom is -0.399 e. The van der Waals surface area contributed by atoms with E-state index >= 15 is 0 Å². The predicted molar refractivity (Wildman–Crippen MR) is 80.7 cm³/mol. The number of amides is 1. The van der Waals surface area contributed by atoms with Crippen molar-refractivity contribution in [2.75, 3.05) is 11.1 Å². The highest BCUT2D eigenvalue weighted by Gasteiger charge is 2.06. The molecule has 2 aromatic rings. The molecule has 1 aromatic heterocycles. The molecular formula is C14H17ClN4O. The summed E-state index contributed by atoms with van der Waals surface area (Å²) in [6, 6.07) is 5.02. The number of carbonyl (C=O) groups excluding carboxylic acids is 1. The standard InChI is InChI=1S/C14H17ClN4O/c1-10-8-17-19(9-10)6-2-3-14(20)18-13-5-4-11(16)7-12(13)15/h4-5,7-9H,2-3,6,16H2,1H3,(H,18,20). The number of hydrogen-bond acceptors (Lipinski definition) is 3. The topological polar surface area (TPSA) is 72.9 Å². The van der Waals surface area contributed by atoms with Crippen LogP contribution in [0.4, 0.5) is 11.4 Å². The third kappa shape index (κ3) is 3.99. The molecule has 3 N–H and O–H groups in total. The smallest absolute Gasteiger partial charge is 0.224 e. The number of aryl methyl sites for hydroxylation is 2. The normalized spacial score (nSPS) is 10.5. The molecule has 0 spiro atoms. The van der Waals surface area contributed by atoms with E-state index in [0.717, 1.165) is 18.5 Å². The molecule has 1 amide bonds. The first kappa shape index (κ1) is 14.4. The average Bonchev–Trinajstić information content (AvgIpc) is 2.79. The molecular weight excluding hydrogens is 276 g/mol. The van der Waals surface area contributed by atoms with Gasteiger partial charge >= 0.3 is 0 Å². The Balaban J connectivity index is 1.80. The van der Waals surface area contributed by atoms with Gasteiger partial charge in [0.15, 0.2) is 0 Å². The van der Waals surface area contributed by atoms with E-state index < -0.39 is 0 Å². The van der Waals surface area contributed by atoms with E-state index in [9.17, 15) is 4.79 Å². The molecule has 0 aliphatic rings. The molecule has 2 rings (SSSR count). The van der Waals surface area contributed by atoms with E-state index in [-0.39, 0.29) is 5.91 Å². The van der Waals surface area contributed by atoms with Crippen LogP contribution in [0, 0.1) is 6.92 Å². The number of benzene rings is 1. The van der Waals surface area contributed by atoms with Crippen LogP contribution in [0.1, 0.15) is 18.4 Å². The van der Waals surface area contributed by atoms with Crippen molar-refractivity contribution in [2.45, 2.75) is 26.3 Å². The maximum atomic E-state index is 11.8. The van der Waals surface area contributed by atoms with Crippen LogP contribution in [-0.2, 0) is 11.3 Å². The molecule has 1 heterocycles. The first-order valence-corrected chi connectivity index (χ1v) is 6.76. The van der Waals surface area contributed by atoms with Gasteiger partial charge in [0.25, 0.3) is 0 Å². The molecule has 0 fully saturated rings. The van der Waals surface area contributed by atoms with Crippen molar-refractivity contribution in [2.24, 2.45) is 0 Å². The lowest BCUT2D eigenvalue weighted by molar-refractivity contribution is -0.116. The van der Waals surface area contributed by atoms with Crippen molar-refractivity contribution in [3.05, 3.63) is 41.2 Å². The maximum absolute atomic E-state index is 11.8. The van der Waals surface area contributed by atoms with Gasteiger partial charge in [0.2, 0.25) is 5.91 Å². The molecule has 6 heteroatoms. The van der Waals surface area contributed by atoms with Gasteiger partial charge in [0.1, 0.15) is 0 Å². The van der Waals surface area contributed by atoms with Gasteiger partial charge in [-0.15, -0.1) is 0 Å². The highest BCUT2D eigenvalue weighted by atomic mass is 35.5. The molecule has 1 aromatic carbocycles. The number of anilines is 2. The van der Waals surface area contributed by atoms with Crippen LogP contribution >= 0.6 is 11.6 Å². The summed E-state index contributed by atoms with van der Waals surface area (Å²) in [6.07, 6.45) is 4.89. The Morgan fingerprint density at radius 1 is 1.50 bits per heavy atom. The minimum absolute atomic E-state index is 0.0689. The van der Waals surface area contributed by atoms with E-state index in [0.29, 0.717) is 22.8 Å². The molecule has 0 unspecified atom stereocenters. The molecule has 0 atom stereocenters. The Bertz CT molecular complexity index is 609. The third-order valence-electron chi connectivity index (χ3n) is 2.82. The van der Waals surface area contributed by atoms with Gasteiger partial charge in [-0.2, -0.15) is 5.10 Å². The summed E-state index contributed by atoms with van der Waals surface area (Å²) in [5, 5.41) is 7.39. The Kier molecular flexibility index (Phi) is 4.63. The van der Waals surface area contributed by atoms with Gasteiger partial charge in [0, 0.05) is 24.8 Å². The predicted octanol–water partition coefficient (Wildman–Crippen LogP) is 2.85. The first-order valence-electron chi connectivity index (χ1n) is 6.38. The van der Waals surface area contributed by atoms with Crippen molar-refractivity contribution in [1.29, 1.82) is 0 Å². The van der Waals surface area contributed by atoms with Crippen molar-refractivity contribution in [1.82, 2.24) is 9.78 Å². The Labute approximate surface area is 122 Å². The van der Waals surface area contributed by atoms with E-state index in [1.165, 1.54) is 0 Å². The van der Waals surface area contributed by atoms with E-state index in [1.54, 1.807) is 24.4 Å². The molecule has 0 aliphatic heterocycles. The number of nitrogens with two attached hydrogens (primary N) is 1. The lowest BCUT2D eigenvalue weighted by Crippen LogP contribution is -2.13. The van der Waals surface area contributed by atoms with Crippen LogP contribution in [0.3, 0.4) is 0 Å². The summed E-state index contributed by atoms with van der Waals surface area (Å²) in [6.45, 7) is 2.70. The van der Waals surface area contributed by atoms with Crippen LogP contribution < -0.4 is 11.1 Å². The fourth-order valence-electron chi connectivity index (χ4n) is 1.84. The second kappa shape index (κ2) is 6.43. The van der Waals surface area contributed by atoms with E-state index in [1.807, 2.05) is 17.8 Å². The molecule has 20 heavy (non-hydrogen) atoms. The van der Waals surface area contributed by atoms with E-state index in [2.05, 4.69) is 10.4 Å². The van der Waals surface area contributed by atoms with Gasteiger partial charge in [-0.25, -0.2) is 0 Å². The number of carbonyl (C=O) groups is 1. The van der Waals surface area contributed by atoms with Crippen LogP contribution in [0.15, 0.2) is 30.6 Å². The Morgan fingerprint density at radius 3 is 2.95 bits per heavy atom.